The van der Waals surface area contributed by atoms with E-state index in [1.807, 2.05) is 0 Å². The molecule has 0 aliphatic heterocycles. The van der Waals surface area contributed by atoms with Gasteiger partial charge in [0.2, 0.25) is 5.28 Å². The van der Waals surface area contributed by atoms with Crippen molar-refractivity contribution in [3.8, 4) is 0 Å². The first-order valence-electron chi connectivity index (χ1n) is 1.82. The molecule has 0 N–H and O–H groups in total. The standard InChI is InChI=1S/C2H2ClIN4/c3-2-5-6-7-8(2)1-4/h1H2. The van der Waals surface area contributed by atoms with Gasteiger partial charge in [0.05, 0.1) is 4.55 Å². The van der Waals surface area contributed by atoms with E-state index >= 15 is 0 Å². The molecule has 0 unspecified atom stereocenters. The Labute approximate surface area is 64.3 Å². The largest absolute Gasteiger partial charge is 0.243 e. The van der Waals surface area contributed by atoms with Crippen LogP contribution in [0, 0.1) is 0 Å². The van der Waals surface area contributed by atoms with E-state index in [4.69, 9.17) is 11.6 Å². The highest BCUT2D eigenvalue weighted by Gasteiger charge is 1.96. The Kier molecular flexibility index (Phi) is 2.01. The highest BCUT2D eigenvalue weighted by atomic mass is 127. The lowest BCUT2D eigenvalue weighted by atomic mass is 11.2. The lowest BCUT2D eigenvalue weighted by molar-refractivity contribution is 0.711. The molecule has 0 bridgehead atoms. The average molecular weight is 244 g/mol. The second-order valence-electron chi connectivity index (χ2n) is 1.07. The summed E-state index contributed by atoms with van der Waals surface area (Å²) in [6.45, 7) is 0. The molecule has 1 aromatic heterocycles. The van der Waals surface area contributed by atoms with Crippen LogP contribution in [0.5, 0.6) is 0 Å². The van der Waals surface area contributed by atoms with Crippen molar-refractivity contribution < 1.29 is 0 Å². The van der Waals surface area contributed by atoms with Crippen molar-refractivity contribution in [3.05, 3.63) is 5.28 Å². The van der Waals surface area contributed by atoms with Gasteiger partial charge in [-0.2, -0.15) is 0 Å². The molecule has 0 amide bonds. The predicted octanol–water partition coefficient (Wildman–Crippen LogP) is 0.719. The maximum absolute atomic E-state index is 5.46. The number of nitrogens with zero attached hydrogens (tertiary/aromatic N) is 4. The van der Waals surface area contributed by atoms with Crippen LogP contribution in [-0.4, -0.2) is 20.2 Å². The van der Waals surface area contributed by atoms with Gasteiger partial charge in [0.15, 0.2) is 0 Å². The maximum atomic E-state index is 5.46. The Balaban J connectivity index is 2.92. The van der Waals surface area contributed by atoms with Crippen LogP contribution in [0.3, 0.4) is 0 Å². The van der Waals surface area contributed by atoms with Crippen molar-refractivity contribution >= 4 is 34.2 Å². The van der Waals surface area contributed by atoms with Crippen molar-refractivity contribution in [1.82, 2.24) is 20.2 Å². The van der Waals surface area contributed by atoms with Gasteiger partial charge >= 0.3 is 0 Å². The summed E-state index contributed by atoms with van der Waals surface area (Å²) in [4.78, 5) is 0. The van der Waals surface area contributed by atoms with Gasteiger partial charge in [0.25, 0.3) is 0 Å². The lowest BCUT2D eigenvalue weighted by Crippen LogP contribution is -1.93. The molecule has 0 radical (unpaired) electrons. The van der Waals surface area contributed by atoms with Crippen molar-refractivity contribution in [1.29, 1.82) is 0 Å². The van der Waals surface area contributed by atoms with Gasteiger partial charge in [-0.3, -0.25) is 0 Å². The van der Waals surface area contributed by atoms with Gasteiger partial charge in [-0.1, -0.05) is 27.7 Å². The van der Waals surface area contributed by atoms with Crippen LogP contribution < -0.4 is 0 Å². The summed E-state index contributed by atoms with van der Waals surface area (Å²) in [5, 5.41) is 10.7. The number of halogens is 2. The number of alkyl halides is 1. The number of tetrazole rings is 1. The van der Waals surface area contributed by atoms with Crippen LogP contribution in [0.2, 0.25) is 5.28 Å². The smallest absolute Gasteiger partial charge is 0.206 e. The minimum Gasteiger partial charge on any atom is -0.206 e. The van der Waals surface area contributed by atoms with Crippen molar-refractivity contribution in [2.45, 2.75) is 4.55 Å². The molecule has 0 aliphatic carbocycles. The normalized spacial score (nSPS) is 9.75. The summed E-state index contributed by atoms with van der Waals surface area (Å²) in [7, 11) is 0. The van der Waals surface area contributed by atoms with Crippen molar-refractivity contribution in [2.75, 3.05) is 0 Å². The third-order valence-corrected chi connectivity index (χ3v) is 1.52. The molecule has 0 aliphatic rings. The first-order valence-corrected chi connectivity index (χ1v) is 3.72. The van der Waals surface area contributed by atoms with Crippen LogP contribution >= 0.6 is 34.2 Å². The van der Waals surface area contributed by atoms with Crippen molar-refractivity contribution in [3.63, 3.8) is 0 Å². The minimum absolute atomic E-state index is 0.333. The van der Waals surface area contributed by atoms with E-state index in [0.29, 0.717) is 9.84 Å². The number of aromatic nitrogens is 4. The Morgan fingerprint density at radius 1 is 1.75 bits per heavy atom. The Bertz CT molecular complexity index is 174. The summed E-state index contributed by atoms with van der Waals surface area (Å²) in [5.41, 5.74) is 0. The fourth-order valence-electron chi connectivity index (χ4n) is 0.267. The molecular weight excluding hydrogens is 242 g/mol. The molecule has 0 aromatic carbocycles. The van der Waals surface area contributed by atoms with Gasteiger partial charge in [-0.25, -0.2) is 4.68 Å². The SMILES string of the molecule is Clc1nnnn1CI. The van der Waals surface area contributed by atoms with Gasteiger partial charge in [-0.05, 0) is 22.0 Å². The van der Waals surface area contributed by atoms with E-state index in [-0.39, 0.29) is 0 Å². The molecule has 1 rings (SSSR count). The monoisotopic (exact) mass is 244 g/mol. The van der Waals surface area contributed by atoms with Gasteiger partial charge in [-0.15, -0.1) is 0 Å². The highest BCUT2D eigenvalue weighted by molar-refractivity contribution is 14.1. The van der Waals surface area contributed by atoms with Crippen LogP contribution in [0.1, 0.15) is 0 Å². The first kappa shape index (κ1) is 6.21. The summed E-state index contributed by atoms with van der Waals surface area (Å²) in [6.07, 6.45) is 0. The number of rotatable bonds is 1. The van der Waals surface area contributed by atoms with E-state index in [1.165, 1.54) is 4.68 Å². The van der Waals surface area contributed by atoms with Gasteiger partial charge < -0.3 is 0 Å². The van der Waals surface area contributed by atoms with Crippen LogP contribution in [0.25, 0.3) is 0 Å². The van der Waals surface area contributed by atoms with E-state index in [2.05, 4.69) is 38.1 Å². The zero-order valence-electron chi connectivity index (χ0n) is 3.75. The molecule has 4 nitrogen and oxygen atoms in total. The molecule has 0 saturated carbocycles. The molecule has 0 spiro atoms. The highest BCUT2D eigenvalue weighted by Crippen LogP contribution is 2.01. The summed E-state index contributed by atoms with van der Waals surface area (Å²) in [6, 6.07) is 0. The molecule has 1 heterocycles. The molecule has 6 heteroatoms. The Morgan fingerprint density at radius 3 is 2.75 bits per heavy atom. The fraction of sp³-hybridized carbons (Fsp3) is 0.500. The molecular formula is C2H2ClIN4. The summed E-state index contributed by atoms with van der Waals surface area (Å²) < 4.78 is 2.17. The molecule has 0 saturated heterocycles. The summed E-state index contributed by atoms with van der Waals surface area (Å²) >= 11 is 7.57. The first-order chi connectivity index (χ1) is 3.84. The van der Waals surface area contributed by atoms with E-state index < -0.39 is 0 Å². The van der Waals surface area contributed by atoms with Crippen LogP contribution in [-0.2, 0) is 4.55 Å². The Morgan fingerprint density at radius 2 is 2.50 bits per heavy atom. The predicted molar refractivity (Wildman–Crippen MR) is 36.8 cm³/mol. The quantitative estimate of drug-likeness (QED) is 0.540. The Hall–Kier alpha value is 0.0900. The molecule has 8 heavy (non-hydrogen) atoms. The number of hydrogen-bond acceptors (Lipinski definition) is 3. The lowest BCUT2D eigenvalue weighted by Gasteiger charge is -1.86. The van der Waals surface area contributed by atoms with E-state index in [9.17, 15) is 0 Å². The second kappa shape index (κ2) is 2.58. The van der Waals surface area contributed by atoms with E-state index in [1.54, 1.807) is 0 Å². The van der Waals surface area contributed by atoms with Crippen LogP contribution in [0.4, 0.5) is 0 Å². The molecule has 0 fully saturated rings. The van der Waals surface area contributed by atoms with Gasteiger partial charge in [0, 0.05) is 0 Å². The molecule has 1 aromatic rings. The minimum atomic E-state index is 0.333. The number of hydrogen-bond donors (Lipinski definition) is 0. The van der Waals surface area contributed by atoms with Crippen molar-refractivity contribution in [2.24, 2.45) is 0 Å². The summed E-state index contributed by atoms with van der Waals surface area (Å²) in [5.74, 6) is 0. The zero-order chi connectivity index (χ0) is 5.98. The van der Waals surface area contributed by atoms with Crippen LogP contribution in [0.15, 0.2) is 0 Å². The fourth-order valence-corrected chi connectivity index (χ4v) is 1.06. The van der Waals surface area contributed by atoms with Gasteiger partial charge in [0.1, 0.15) is 0 Å². The second-order valence-corrected chi connectivity index (χ2v) is 2.09. The topological polar surface area (TPSA) is 43.6 Å². The molecule has 0 atom stereocenters. The zero-order valence-corrected chi connectivity index (χ0v) is 6.67. The third-order valence-electron chi connectivity index (χ3n) is 0.601. The molecule has 44 valence electrons. The third kappa shape index (κ3) is 1.08. The average Bonchev–Trinajstić information content (AvgIpc) is 2.14. The maximum Gasteiger partial charge on any atom is 0.243 e. The van der Waals surface area contributed by atoms with E-state index in [0.717, 1.165) is 0 Å².